The zero-order valence-corrected chi connectivity index (χ0v) is 7.02. The van der Waals surface area contributed by atoms with Crippen molar-refractivity contribution in [2.45, 2.75) is 0 Å². The van der Waals surface area contributed by atoms with Gasteiger partial charge in [0.1, 0.15) is 0 Å². The van der Waals surface area contributed by atoms with Crippen LogP contribution in [0.4, 0.5) is 0 Å². The van der Waals surface area contributed by atoms with Crippen molar-refractivity contribution < 1.29 is 9.90 Å². The highest BCUT2D eigenvalue weighted by atomic mass is 35.5. The predicted molar refractivity (Wildman–Crippen MR) is 46.0 cm³/mol. The van der Waals surface area contributed by atoms with Crippen molar-refractivity contribution in [1.82, 2.24) is 0 Å². The molecule has 1 aromatic heterocycles. The highest BCUT2D eigenvalue weighted by Crippen LogP contribution is 2.20. The minimum Gasteiger partial charge on any atom is -0.478 e. The van der Waals surface area contributed by atoms with Crippen LogP contribution in [-0.4, -0.2) is 11.1 Å². The minimum atomic E-state index is -0.952. The number of carboxylic acids is 1. The maximum Gasteiger partial charge on any atom is 0.328 e. The van der Waals surface area contributed by atoms with Crippen LogP contribution in [-0.2, 0) is 4.79 Å². The quantitative estimate of drug-likeness (QED) is 0.725. The summed E-state index contributed by atoms with van der Waals surface area (Å²) in [6.07, 6.45) is 2.59. The Bertz CT molecular complexity index is 290. The van der Waals surface area contributed by atoms with Gasteiger partial charge in [0.15, 0.2) is 0 Å². The Hall–Kier alpha value is -0.800. The first-order valence-electron chi connectivity index (χ1n) is 2.83. The van der Waals surface area contributed by atoms with Crippen LogP contribution in [0.15, 0.2) is 17.5 Å². The van der Waals surface area contributed by atoms with Gasteiger partial charge >= 0.3 is 5.97 Å². The highest BCUT2D eigenvalue weighted by Gasteiger charge is 1.93. The lowest BCUT2D eigenvalue weighted by molar-refractivity contribution is -0.131. The Balaban J connectivity index is 2.71. The third kappa shape index (κ3) is 2.74. The molecule has 1 rings (SSSR count). The van der Waals surface area contributed by atoms with Gasteiger partial charge < -0.3 is 5.11 Å². The Labute approximate surface area is 72.7 Å². The third-order valence-electron chi connectivity index (χ3n) is 1.01. The van der Waals surface area contributed by atoms with E-state index < -0.39 is 5.97 Å². The average molecular weight is 189 g/mol. The SMILES string of the molecule is O=C(O)C=Cc1csc(Cl)c1. The molecule has 0 bridgehead atoms. The van der Waals surface area contributed by atoms with Crippen LogP contribution in [0, 0.1) is 0 Å². The molecule has 0 aromatic carbocycles. The second-order valence-electron chi connectivity index (χ2n) is 1.86. The number of hydrogen-bond donors (Lipinski definition) is 1. The van der Waals surface area contributed by atoms with E-state index in [1.54, 1.807) is 11.4 Å². The van der Waals surface area contributed by atoms with Crippen molar-refractivity contribution in [3.63, 3.8) is 0 Å². The van der Waals surface area contributed by atoms with Gasteiger partial charge in [-0.3, -0.25) is 0 Å². The first-order chi connectivity index (χ1) is 5.18. The molecule has 4 heteroatoms. The van der Waals surface area contributed by atoms with E-state index in [4.69, 9.17) is 16.7 Å². The summed E-state index contributed by atoms with van der Waals surface area (Å²) >= 11 is 6.99. The second kappa shape index (κ2) is 3.55. The van der Waals surface area contributed by atoms with Crippen molar-refractivity contribution in [2.75, 3.05) is 0 Å². The summed E-state index contributed by atoms with van der Waals surface area (Å²) in [5.74, 6) is -0.952. The molecule has 58 valence electrons. The van der Waals surface area contributed by atoms with Gasteiger partial charge in [-0.05, 0) is 23.1 Å². The lowest BCUT2D eigenvalue weighted by Crippen LogP contribution is -1.84. The van der Waals surface area contributed by atoms with Crippen LogP contribution in [0.3, 0.4) is 0 Å². The molecule has 0 amide bonds. The van der Waals surface area contributed by atoms with Gasteiger partial charge in [-0.15, -0.1) is 11.3 Å². The van der Waals surface area contributed by atoms with E-state index >= 15 is 0 Å². The molecule has 0 radical (unpaired) electrons. The molecule has 0 unspecified atom stereocenters. The standard InChI is InChI=1S/C7H5ClO2S/c8-6-3-5(4-11-6)1-2-7(9)10/h1-4H,(H,9,10). The summed E-state index contributed by atoms with van der Waals surface area (Å²) in [5.41, 5.74) is 0.822. The van der Waals surface area contributed by atoms with Gasteiger partial charge in [0.05, 0.1) is 4.34 Å². The molecule has 2 nitrogen and oxygen atoms in total. The van der Waals surface area contributed by atoms with Crippen molar-refractivity contribution in [3.8, 4) is 0 Å². The van der Waals surface area contributed by atoms with Crippen LogP contribution in [0.25, 0.3) is 6.08 Å². The summed E-state index contributed by atoms with van der Waals surface area (Å²) in [5, 5.41) is 10.1. The summed E-state index contributed by atoms with van der Waals surface area (Å²) in [6, 6.07) is 1.71. The molecule has 0 saturated carbocycles. The molecule has 0 fully saturated rings. The molecule has 0 aliphatic rings. The maximum atomic E-state index is 10.1. The lowest BCUT2D eigenvalue weighted by atomic mass is 10.3. The number of carbonyl (C=O) groups is 1. The van der Waals surface area contributed by atoms with Gasteiger partial charge in [-0.1, -0.05) is 11.6 Å². The zero-order valence-electron chi connectivity index (χ0n) is 5.45. The lowest BCUT2D eigenvalue weighted by Gasteiger charge is -1.79. The van der Waals surface area contributed by atoms with Gasteiger partial charge in [0.2, 0.25) is 0 Å². The number of rotatable bonds is 2. The number of halogens is 1. The summed E-state index contributed by atoms with van der Waals surface area (Å²) in [7, 11) is 0. The van der Waals surface area contributed by atoms with Crippen LogP contribution >= 0.6 is 22.9 Å². The fourth-order valence-electron chi connectivity index (χ4n) is 0.578. The van der Waals surface area contributed by atoms with E-state index in [-0.39, 0.29) is 0 Å². The number of thiophene rings is 1. The third-order valence-corrected chi connectivity index (χ3v) is 2.12. The van der Waals surface area contributed by atoms with E-state index in [2.05, 4.69) is 0 Å². The number of hydrogen-bond acceptors (Lipinski definition) is 2. The largest absolute Gasteiger partial charge is 0.478 e. The van der Waals surface area contributed by atoms with Crippen LogP contribution < -0.4 is 0 Å². The summed E-state index contributed by atoms with van der Waals surface area (Å²) in [6.45, 7) is 0. The monoisotopic (exact) mass is 188 g/mol. The number of carboxylic acid groups (broad SMARTS) is 1. The normalized spacial score (nSPS) is 10.6. The molecule has 1 aromatic rings. The minimum absolute atomic E-state index is 0.662. The zero-order chi connectivity index (χ0) is 8.27. The Morgan fingerprint density at radius 1 is 1.73 bits per heavy atom. The van der Waals surface area contributed by atoms with Gasteiger partial charge in [-0.25, -0.2) is 4.79 Å². The van der Waals surface area contributed by atoms with E-state index in [0.29, 0.717) is 4.34 Å². The van der Waals surface area contributed by atoms with E-state index in [9.17, 15) is 4.79 Å². The van der Waals surface area contributed by atoms with Gasteiger partial charge in [0.25, 0.3) is 0 Å². The molecule has 0 aliphatic carbocycles. The molecule has 0 saturated heterocycles. The fourth-order valence-corrected chi connectivity index (χ4v) is 1.44. The smallest absolute Gasteiger partial charge is 0.328 e. The van der Waals surface area contributed by atoms with Crippen molar-refractivity contribution in [2.24, 2.45) is 0 Å². The molecular formula is C7H5ClO2S. The molecule has 1 heterocycles. The van der Waals surface area contributed by atoms with Crippen LogP contribution in [0.5, 0.6) is 0 Å². The van der Waals surface area contributed by atoms with Gasteiger partial charge in [0, 0.05) is 6.08 Å². The Morgan fingerprint density at radius 2 is 2.45 bits per heavy atom. The molecule has 0 aliphatic heterocycles. The van der Waals surface area contributed by atoms with Crippen LogP contribution in [0.1, 0.15) is 5.56 Å². The molecule has 0 atom stereocenters. The van der Waals surface area contributed by atoms with E-state index in [0.717, 1.165) is 11.6 Å². The fraction of sp³-hybridized carbons (Fsp3) is 0. The molecule has 0 spiro atoms. The highest BCUT2D eigenvalue weighted by molar-refractivity contribution is 7.14. The van der Waals surface area contributed by atoms with E-state index in [1.165, 1.54) is 17.4 Å². The van der Waals surface area contributed by atoms with Gasteiger partial charge in [-0.2, -0.15) is 0 Å². The second-order valence-corrected chi connectivity index (χ2v) is 3.40. The summed E-state index contributed by atoms with van der Waals surface area (Å²) < 4.78 is 0.662. The Morgan fingerprint density at radius 3 is 2.91 bits per heavy atom. The molecule has 11 heavy (non-hydrogen) atoms. The maximum absolute atomic E-state index is 10.1. The van der Waals surface area contributed by atoms with Crippen molar-refractivity contribution >= 4 is 35.0 Å². The Kier molecular flexibility index (Phi) is 2.68. The van der Waals surface area contributed by atoms with E-state index in [1.807, 2.05) is 0 Å². The predicted octanol–water partition coefficient (Wildman–Crippen LogP) is 2.50. The molecular weight excluding hydrogens is 184 g/mol. The van der Waals surface area contributed by atoms with Crippen LogP contribution in [0.2, 0.25) is 4.34 Å². The summed E-state index contributed by atoms with van der Waals surface area (Å²) in [4.78, 5) is 10.1. The first kappa shape index (κ1) is 8.30. The number of aliphatic carboxylic acids is 1. The van der Waals surface area contributed by atoms with Crippen molar-refractivity contribution in [1.29, 1.82) is 0 Å². The average Bonchev–Trinajstić information content (AvgIpc) is 2.31. The topological polar surface area (TPSA) is 37.3 Å². The van der Waals surface area contributed by atoms with Crippen molar-refractivity contribution in [3.05, 3.63) is 27.4 Å². The molecule has 1 N–H and O–H groups in total. The first-order valence-corrected chi connectivity index (χ1v) is 4.09.